The normalized spacial score (nSPS) is 18.6. The third-order valence-electron chi connectivity index (χ3n) is 3.16. The fourth-order valence-corrected chi connectivity index (χ4v) is 2.03. The molecule has 0 aromatic carbocycles. The van der Waals surface area contributed by atoms with E-state index in [1.807, 2.05) is 18.5 Å². The summed E-state index contributed by atoms with van der Waals surface area (Å²) in [5.41, 5.74) is 1.62. The van der Waals surface area contributed by atoms with E-state index in [1.165, 1.54) is 0 Å². The lowest BCUT2D eigenvalue weighted by Crippen LogP contribution is -2.33. The summed E-state index contributed by atoms with van der Waals surface area (Å²) in [4.78, 5) is 0. The number of rotatable bonds is 2. The first-order chi connectivity index (χ1) is 6.73. The number of hydrogen-bond acceptors (Lipinski definition) is 3. The second-order valence-corrected chi connectivity index (χ2v) is 3.89. The van der Waals surface area contributed by atoms with Crippen LogP contribution in [-0.2, 0) is 12.0 Å². The van der Waals surface area contributed by atoms with Gasteiger partial charge in [-0.25, -0.2) is 4.68 Å². The van der Waals surface area contributed by atoms with Gasteiger partial charge in [-0.2, -0.15) is 5.26 Å². The topological polar surface area (TPSA) is 54.5 Å². The highest BCUT2D eigenvalue weighted by Crippen LogP contribution is 2.43. The van der Waals surface area contributed by atoms with Crippen molar-refractivity contribution < 1.29 is 0 Å². The highest BCUT2D eigenvalue weighted by Gasteiger charge is 2.42. The maximum Gasteiger partial charge on any atom is 0.106 e. The third kappa shape index (κ3) is 1.05. The van der Waals surface area contributed by atoms with Crippen LogP contribution < -0.4 is 0 Å². The zero-order valence-electron chi connectivity index (χ0n) is 8.62. The molecule has 1 aliphatic carbocycles. The fourth-order valence-electron chi connectivity index (χ4n) is 2.03. The summed E-state index contributed by atoms with van der Waals surface area (Å²) in [7, 11) is 0. The summed E-state index contributed by atoms with van der Waals surface area (Å²) in [5.74, 6) is 0. The Bertz CT molecular complexity index is 381. The largest absolute Gasteiger partial charge is 0.250 e. The summed E-state index contributed by atoms with van der Waals surface area (Å²) in [6.45, 7) is 4.85. The summed E-state index contributed by atoms with van der Waals surface area (Å²) in [5, 5.41) is 17.4. The standard InChI is InChI=1S/C10H14N4/c1-3-14-8(2)9(12-13-14)10(7-11)5-4-6-10/h3-6H2,1-2H3. The average Bonchev–Trinajstić information content (AvgIpc) is 2.48. The van der Waals surface area contributed by atoms with Crippen LogP contribution in [0.15, 0.2) is 0 Å². The lowest BCUT2D eigenvalue weighted by molar-refractivity contribution is 0.314. The molecular formula is C10H14N4. The number of aromatic nitrogens is 3. The van der Waals surface area contributed by atoms with E-state index in [1.54, 1.807) is 0 Å². The maximum atomic E-state index is 9.17. The Balaban J connectivity index is 2.42. The first kappa shape index (κ1) is 9.20. The molecule has 0 unspecified atom stereocenters. The Hall–Kier alpha value is -1.37. The van der Waals surface area contributed by atoms with Crippen LogP contribution in [0, 0.1) is 18.3 Å². The molecule has 14 heavy (non-hydrogen) atoms. The lowest BCUT2D eigenvalue weighted by atomic mass is 9.67. The van der Waals surface area contributed by atoms with Gasteiger partial charge in [0.15, 0.2) is 0 Å². The van der Waals surface area contributed by atoms with Crippen molar-refractivity contribution in [3.05, 3.63) is 11.4 Å². The molecule has 1 fully saturated rings. The Morgan fingerprint density at radius 2 is 2.29 bits per heavy atom. The van der Waals surface area contributed by atoms with Gasteiger partial charge >= 0.3 is 0 Å². The van der Waals surface area contributed by atoms with Crippen LogP contribution in [0.1, 0.15) is 37.6 Å². The summed E-state index contributed by atoms with van der Waals surface area (Å²) >= 11 is 0. The van der Waals surface area contributed by atoms with Gasteiger partial charge in [0.1, 0.15) is 11.1 Å². The zero-order chi connectivity index (χ0) is 10.2. The minimum absolute atomic E-state index is 0.322. The lowest BCUT2D eigenvalue weighted by Gasteiger charge is -2.33. The second kappa shape index (κ2) is 3.09. The van der Waals surface area contributed by atoms with Crippen LogP contribution in [0.5, 0.6) is 0 Å². The molecule has 0 N–H and O–H groups in total. The molecule has 2 rings (SSSR count). The molecule has 1 aliphatic rings. The minimum atomic E-state index is -0.322. The van der Waals surface area contributed by atoms with E-state index < -0.39 is 0 Å². The van der Waals surface area contributed by atoms with Crippen molar-refractivity contribution in [3.8, 4) is 6.07 Å². The van der Waals surface area contributed by atoms with Gasteiger partial charge < -0.3 is 0 Å². The van der Waals surface area contributed by atoms with Crippen molar-refractivity contribution in [2.45, 2.75) is 45.1 Å². The second-order valence-electron chi connectivity index (χ2n) is 3.89. The fraction of sp³-hybridized carbons (Fsp3) is 0.700. The van der Waals surface area contributed by atoms with Crippen molar-refractivity contribution in [1.29, 1.82) is 5.26 Å². The predicted octanol–water partition coefficient (Wildman–Crippen LogP) is 1.55. The van der Waals surface area contributed by atoms with Crippen LogP contribution >= 0.6 is 0 Å². The van der Waals surface area contributed by atoms with E-state index in [0.717, 1.165) is 37.2 Å². The highest BCUT2D eigenvalue weighted by molar-refractivity contribution is 5.32. The van der Waals surface area contributed by atoms with Gasteiger partial charge in [-0.1, -0.05) is 5.21 Å². The highest BCUT2D eigenvalue weighted by atomic mass is 15.4. The Kier molecular flexibility index (Phi) is 2.03. The van der Waals surface area contributed by atoms with Crippen LogP contribution in [-0.4, -0.2) is 15.0 Å². The predicted molar refractivity (Wildman–Crippen MR) is 51.6 cm³/mol. The molecule has 4 nitrogen and oxygen atoms in total. The summed E-state index contributed by atoms with van der Waals surface area (Å²) in [6.07, 6.45) is 3.01. The van der Waals surface area contributed by atoms with Crippen LogP contribution in [0.25, 0.3) is 0 Å². The third-order valence-corrected chi connectivity index (χ3v) is 3.16. The quantitative estimate of drug-likeness (QED) is 0.711. The average molecular weight is 190 g/mol. The summed E-state index contributed by atoms with van der Waals surface area (Å²) in [6, 6.07) is 2.39. The molecular weight excluding hydrogens is 176 g/mol. The Morgan fingerprint density at radius 1 is 1.57 bits per heavy atom. The molecule has 0 saturated heterocycles. The van der Waals surface area contributed by atoms with Gasteiger partial charge in [0.2, 0.25) is 0 Å². The molecule has 0 amide bonds. The first-order valence-corrected chi connectivity index (χ1v) is 5.05. The molecule has 4 heteroatoms. The summed E-state index contributed by atoms with van der Waals surface area (Å²) < 4.78 is 1.85. The number of hydrogen-bond donors (Lipinski definition) is 0. The minimum Gasteiger partial charge on any atom is -0.250 e. The molecule has 0 radical (unpaired) electrons. The number of nitrogens with zero attached hydrogens (tertiary/aromatic N) is 4. The van der Waals surface area contributed by atoms with Gasteiger partial charge in [-0.3, -0.25) is 0 Å². The molecule has 74 valence electrons. The van der Waals surface area contributed by atoms with Gasteiger partial charge in [0, 0.05) is 6.54 Å². The van der Waals surface area contributed by atoms with Crippen molar-refractivity contribution in [1.82, 2.24) is 15.0 Å². The zero-order valence-corrected chi connectivity index (χ0v) is 8.62. The first-order valence-electron chi connectivity index (χ1n) is 5.05. The van der Waals surface area contributed by atoms with Gasteiger partial charge in [-0.05, 0) is 33.1 Å². The monoisotopic (exact) mass is 190 g/mol. The molecule has 1 saturated carbocycles. The Labute approximate surface area is 83.5 Å². The van der Waals surface area contributed by atoms with E-state index >= 15 is 0 Å². The van der Waals surface area contributed by atoms with E-state index in [9.17, 15) is 0 Å². The molecule has 1 heterocycles. The number of aryl methyl sites for hydroxylation is 1. The molecule has 0 atom stereocenters. The van der Waals surface area contributed by atoms with E-state index in [0.29, 0.717) is 0 Å². The van der Waals surface area contributed by atoms with E-state index in [-0.39, 0.29) is 5.41 Å². The van der Waals surface area contributed by atoms with Crippen LogP contribution in [0.2, 0.25) is 0 Å². The smallest absolute Gasteiger partial charge is 0.106 e. The van der Waals surface area contributed by atoms with Gasteiger partial charge in [-0.15, -0.1) is 5.10 Å². The van der Waals surface area contributed by atoms with E-state index in [2.05, 4.69) is 16.4 Å². The van der Waals surface area contributed by atoms with Crippen LogP contribution in [0.4, 0.5) is 0 Å². The van der Waals surface area contributed by atoms with Crippen molar-refractivity contribution >= 4 is 0 Å². The van der Waals surface area contributed by atoms with Gasteiger partial charge in [0.25, 0.3) is 0 Å². The number of nitriles is 1. The molecule has 1 aromatic heterocycles. The molecule has 0 bridgehead atoms. The SMILES string of the molecule is CCn1nnc(C2(C#N)CCC2)c1C. The van der Waals surface area contributed by atoms with E-state index in [4.69, 9.17) is 5.26 Å². The van der Waals surface area contributed by atoms with Gasteiger partial charge in [0.05, 0.1) is 11.8 Å². The van der Waals surface area contributed by atoms with Crippen LogP contribution in [0.3, 0.4) is 0 Å². The molecule has 0 spiro atoms. The molecule has 1 aromatic rings. The van der Waals surface area contributed by atoms with Crippen molar-refractivity contribution in [2.75, 3.05) is 0 Å². The Morgan fingerprint density at radius 3 is 2.64 bits per heavy atom. The van der Waals surface area contributed by atoms with Crippen molar-refractivity contribution in [2.24, 2.45) is 0 Å². The molecule has 0 aliphatic heterocycles. The van der Waals surface area contributed by atoms with Crippen molar-refractivity contribution in [3.63, 3.8) is 0 Å². The maximum absolute atomic E-state index is 9.17.